The van der Waals surface area contributed by atoms with Gasteiger partial charge in [0.05, 0.1) is 17.7 Å². The highest BCUT2D eigenvalue weighted by Crippen LogP contribution is 2.35. The number of nitrogens with zero attached hydrogens (tertiary/aromatic N) is 2. The fraction of sp³-hybridized carbons (Fsp3) is 0.304. The van der Waals surface area contributed by atoms with Crippen LogP contribution >= 0.6 is 11.3 Å². The van der Waals surface area contributed by atoms with Gasteiger partial charge in [-0.1, -0.05) is 17.7 Å². The van der Waals surface area contributed by atoms with Gasteiger partial charge in [0.1, 0.15) is 17.4 Å². The topological polar surface area (TPSA) is 42.4 Å². The zero-order valence-corrected chi connectivity index (χ0v) is 17.7. The first kappa shape index (κ1) is 21.4. The zero-order chi connectivity index (χ0) is 22.0. The molecule has 0 atom stereocenters. The highest BCUT2D eigenvalue weighted by molar-refractivity contribution is 7.09. The van der Waals surface area contributed by atoms with Crippen molar-refractivity contribution in [3.63, 3.8) is 0 Å². The molecule has 0 N–H and O–H groups in total. The lowest BCUT2D eigenvalue weighted by atomic mass is 9.98. The Morgan fingerprint density at radius 2 is 1.97 bits per heavy atom. The van der Waals surface area contributed by atoms with Gasteiger partial charge in [0, 0.05) is 17.6 Å². The molecular formula is C23H21F3N2O2S. The number of anilines is 1. The highest BCUT2D eigenvalue weighted by Gasteiger charge is 2.32. The summed E-state index contributed by atoms with van der Waals surface area (Å²) in [6.07, 6.45) is -3.13. The minimum atomic E-state index is -4.39. The minimum Gasteiger partial charge on any atom is -0.486 e. The molecule has 0 saturated carbocycles. The third-order valence-corrected chi connectivity index (χ3v) is 6.01. The standard InChI is InChI=1S/C23H21F3N2O2S/c1-15-4-7-19(8-5-15)30-13-21-27-18(14-31-21)12-22(29)28-10-2-3-16-11-17(23(24,25)26)6-9-20(16)28/h4-9,11,14H,2-3,10,12-13H2,1H3. The number of carbonyl (C=O) groups excluding carboxylic acids is 1. The number of ether oxygens (including phenoxy) is 1. The second kappa shape index (κ2) is 8.70. The number of alkyl halides is 3. The van der Waals surface area contributed by atoms with Gasteiger partial charge >= 0.3 is 6.18 Å². The third-order valence-electron chi connectivity index (χ3n) is 5.14. The summed E-state index contributed by atoms with van der Waals surface area (Å²) < 4.78 is 44.7. The van der Waals surface area contributed by atoms with Crippen molar-refractivity contribution in [3.05, 3.63) is 75.2 Å². The molecule has 0 radical (unpaired) electrons. The Morgan fingerprint density at radius 3 is 2.71 bits per heavy atom. The quantitative estimate of drug-likeness (QED) is 0.515. The van der Waals surface area contributed by atoms with Crippen LogP contribution in [-0.2, 0) is 30.4 Å². The number of fused-ring (bicyclic) bond motifs is 1. The lowest BCUT2D eigenvalue weighted by Gasteiger charge is -2.30. The maximum Gasteiger partial charge on any atom is 0.416 e. The van der Waals surface area contributed by atoms with Gasteiger partial charge in [-0.25, -0.2) is 4.98 Å². The molecule has 2 aromatic carbocycles. The SMILES string of the molecule is Cc1ccc(OCc2nc(CC(=O)N3CCCc4cc(C(F)(F)F)ccc43)cs2)cc1. The molecule has 31 heavy (non-hydrogen) atoms. The van der Waals surface area contributed by atoms with Gasteiger partial charge in [-0.05, 0) is 55.7 Å². The molecule has 162 valence electrons. The van der Waals surface area contributed by atoms with Crippen LogP contribution in [0.5, 0.6) is 5.75 Å². The second-order valence-corrected chi connectivity index (χ2v) is 8.44. The Labute approximate surface area is 182 Å². The molecular weight excluding hydrogens is 425 g/mol. The first-order chi connectivity index (χ1) is 14.8. The molecule has 0 bridgehead atoms. The van der Waals surface area contributed by atoms with Crippen molar-refractivity contribution in [1.82, 2.24) is 4.98 Å². The van der Waals surface area contributed by atoms with Gasteiger partial charge in [-0.15, -0.1) is 11.3 Å². The van der Waals surface area contributed by atoms with Crippen LogP contribution in [0.2, 0.25) is 0 Å². The van der Waals surface area contributed by atoms with Crippen molar-refractivity contribution < 1.29 is 22.7 Å². The van der Waals surface area contributed by atoms with Crippen molar-refractivity contribution in [2.45, 2.75) is 39.0 Å². The molecule has 1 aromatic heterocycles. The average molecular weight is 446 g/mol. The van der Waals surface area contributed by atoms with E-state index in [-0.39, 0.29) is 12.3 Å². The van der Waals surface area contributed by atoms with E-state index in [0.29, 0.717) is 42.9 Å². The van der Waals surface area contributed by atoms with Crippen LogP contribution in [0, 0.1) is 6.92 Å². The van der Waals surface area contributed by atoms with E-state index < -0.39 is 11.7 Å². The maximum absolute atomic E-state index is 13.0. The van der Waals surface area contributed by atoms with Crippen molar-refractivity contribution in [2.24, 2.45) is 0 Å². The van der Waals surface area contributed by atoms with Crippen LogP contribution in [0.1, 0.15) is 33.8 Å². The van der Waals surface area contributed by atoms with Gasteiger partial charge in [0.2, 0.25) is 5.91 Å². The number of halogens is 3. The van der Waals surface area contributed by atoms with Crippen molar-refractivity contribution in [3.8, 4) is 5.75 Å². The highest BCUT2D eigenvalue weighted by atomic mass is 32.1. The lowest BCUT2D eigenvalue weighted by Crippen LogP contribution is -2.36. The monoisotopic (exact) mass is 446 g/mol. The second-order valence-electron chi connectivity index (χ2n) is 7.50. The number of amides is 1. The molecule has 0 saturated heterocycles. The molecule has 8 heteroatoms. The van der Waals surface area contributed by atoms with Gasteiger partial charge in [-0.2, -0.15) is 13.2 Å². The first-order valence-electron chi connectivity index (χ1n) is 9.93. The Morgan fingerprint density at radius 1 is 1.19 bits per heavy atom. The Kier molecular flexibility index (Phi) is 6.00. The van der Waals surface area contributed by atoms with E-state index >= 15 is 0 Å². The number of hydrogen-bond donors (Lipinski definition) is 0. The Bertz CT molecular complexity index is 1080. The van der Waals surface area contributed by atoms with Gasteiger partial charge in [0.15, 0.2) is 0 Å². The van der Waals surface area contributed by atoms with E-state index in [1.54, 1.807) is 4.90 Å². The molecule has 0 unspecified atom stereocenters. The molecule has 4 rings (SSSR count). The van der Waals surface area contributed by atoms with Crippen LogP contribution in [0.15, 0.2) is 47.8 Å². The predicted molar refractivity (Wildman–Crippen MR) is 113 cm³/mol. The largest absolute Gasteiger partial charge is 0.486 e. The summed E-state index contributed by atoms with van der Waals surface area (Å²) in [4.78, 5) is 18.9. The van der Waals surface area contributed by atoms with E-state index in [2.05, 4.69) is 4.98 Å². The van der Waals surface area contributed by atoms with Crippen molar-refractivity contribution in [1.29, 1.82) is 0 Å². The van der Waals surface area contributed by atoms with Crippen LogP contribution in [0.25, 0.3) is 0 Å². The molecule has 2 heterocycles. The Hall–Kier alpha value is -2.87. The molecule has 0 aliphatic carbocycles. The number of carbonyl (C=O) groups is 1. The van der Waals surface area contributed by atoms with Crippen LogP contribution in [0.3, 0.4) is 0 Å². The fourth-order valence-corrected chi connectivity index (χ4v) is 4.26. The molecule has 3 aromatic rings. The summed E-state index contributed by atoms with van der Waals surface area (Å²) in [6.45, 7) is 2.81. The number of hydrogen-bond acceptors (Lipinski definition) is 4. The van der Waals surface area contributed by atoms with Crippen molar-refractivity contribution >= 4 is 22.9 Å². The molecule has 0 fully saturated rings. The maximum atomic E-state index is 13.0. The number of thiazole rings is 1. The summed E-state index contributed by atoms with van der Waals surface area (Å²) in [5.41, 5.74) is 2.22. The Balaban J connectivity index is 1.41. The smallest absolute Gasteiger partial charge is 0.416 e. The molecule has 4 nitrogen and oxygen atoms in total. The van der Waals surface area contributed by atoms with E-state index in [9.17, 15) is 18.0 Å². The summed E-state index contributed by atoms with van der Waals surface area (Å²) in [6, 6.07) is 11.3. The average Bonchev–Trinajstić information content (AvgIpc) is 3.19. The van der Waals surface area contributed by atoms with E-state index in [1.165, 1.54) is 17.4 Å². The number of rotatable bonds is 5. The van der Waals surface area contributed by atoms with Gasteiger partial charge in [-0.3, -0.25) is 4.79 Å². The lowest BCUT2D eigenvalue weighted by molar-refractivity contribution is -0.137. The summed E-state index contributed by atoms with van der Waals surface area (Å²) >= 11 is 1.42. The fourth-order valence-electron chi connectivity index (χ4n) is 3.56. The molecule has 1 aliphatic rings. The third kappa shape index (κ3) is 5.07. The zero-order valence-electron chi connectivity index (χ0n) is 16.9. The van der Waals surface area contributed by atoms with Crippen molar-refractivity contribution in [2.75, 3.05) is 11.4 Å². The normalized spacial score (nSPS) is 13.7. The molecule has 1 aliphatic heterocycles. The van der Waals surface area contributed by atoms with E-state index in [1.807, 2.05) is 36.6 Å². The number of benzene rings is 2. The summed E-state index contributed by atoms with van der Waals surface area (Å²) in [5.74, 6) is 0.582. The molecule has 0 spiro atoms. The van der Waals surface area contributed by atoms with E-state index in [0.717, 1.165) is 28.5 Å². The predicted octanol–water partition coefficient (Wildman–Crippen LogP) is 5.57. The summed E-state index contributed by atoms with van der Waals surface area (Å²) in [5, 5.41) is 2.58. The van der Waals surface area contributed by atoms with Crippen LogP contribution < -0.4 is 9.64 Å². The summed E-state index contributed by atoms with van der Waals surface area (Å²) in [7, 11) is 0. The van der Waals surface area contributed by atoms with Gasteiger partial charge < -0.3 is 9.64 Å². The minimum absolute atomic E-state index is 0.0987. The van der Waals surface area contributed by atoms with E-state index in [4.69, 9.17) is 4.74 Å². The van der Waals surface area contributed by atoms with Gasteiger partial charge in [0.25, 0.3) is 0 Å². The van der Waals surface area contributed by atoms with Crippen LogP contribution in [0.4, 0.5) is 18.9 Å². The molecule has 1 amide bonds. The van der Waals surface area contributed by atoms with Crippen LogP contribution in [-0.4, -0.2) is 17.4 Å². The number of aryl methyl sites for hydroxylation is 2. The first-order valence-corrected chi connectivity index (χ1v) is 10.8. The number of aromatic nitrogens is 1.